The van der Waals surface area contributed by atoms with Crippen molar-refractivity contribution < 1.29 is 18.8 Å². The van der Waals surface area contributed by atoms with Crippen molar-refractivity contribution in [3.05, 3.63) is 41.4 Å². The second kappa shape index (κ2) is 8.72. The van der Waals surface area contributed by atoms with Gasteiger partial charge in [0.1, 0.15) is 5.01 Å². The van der Waals surface area contributed by atoms with Gasteiger partial charge in [-0.25, -0.2) is 9.78 Å². The lowest BCUT2D eigenvalue weighted by atomic mass is 9.81. The molecule has 0 radical (unpaired) electrons. The van der Waals surface area contributed by atoms with Crippen LogP contribution in [0, 0.1) is 5.92 Å². The van der Waals surface area contributed by atoms with Gasteiger partial charge < -0.3 is 14.1 Å². The number of para-hydroxylation sites is 1. The number of fused-ring (bicyclic) bond motifs is 1. The fourth-order valence-electron chi connectivity index (χ4n) is 3.95. The summed E-state index contributed by atoms with van der Waals surface area (Å²) in [5.74, 6) is -1.04. The highest BCUT2D eigenvalue weighted by molar-refractivity contribution is 7.18. The van der Waals surface area contributed by atoms with E-state index in [1.54, 1.807) is 23.2 Å². The summed E-state index contributed by atoms with van der Waals surface area (Å²) in [5, 5.41) is 0.822. The standard InChI is InChI=1S/C24H34N2O4SSi/c1-14(2)19(23(28)29-7)26-20(21-25-16-12-10-11-13-17(16)31-21)18(22(26)27)15(3)30-32(8,9)24(4,5)6/h10-13,15,18-20H,1H2,2-9H3/t15-,18?,19?,20?/m1/s1. The summed E-state index contributed by atoms with van der Waals surface area (Å²) in [6.45, 7) is 18.6. The van der Waals surface area contributed by atoms with Crippen LogP contribution in [-0.4, -0.2) is 49.3 Å². The molecule has 4 atom stereocenters. The molecule has 3 unspecified atom stereocenters. The maximum Gasteiger partial charge on any atom is 0.332 e. The molecule has 1 aliphatic heterocycles. The van der Waals surface area contributed by atoms with Gasteiger partial charge in [0.2, 0.25) is 5.91 Å². The van der Waals surface area contributed by atoms with Crippen LogP contribution in [0.15, 0.2) is 36.4 Å². The largest absolute Gasteiger partial charge is 0.467 e. The quantitative estimate of drug-likeness (QED) is 0.235. The van der Waals surface area contributed by atoms with Crippen molar-refractivity contribution >= 4 is 41.7 Å². The number of rotatable bonds is 7. The number of amides is 1. The summed E-state index contributed by atoms with van der Waals surface area (Å²) in [4.78, 5) is 32.5. The van der Waals surface area contributed by atoms with Gasteiger partial charge in [-0.1, -0.05) is 39.5 Å². The van der Waals surface area contributed by atoms with Gasteiger partial charge in [0.15, 0.2) is 14.4 Å². The normalized spacial score (nSPS) is 21.2. The highest BCUT2D eigenvalue weighted by atomic mass is 32.1. The first-order valence-corrected chi connectivity index (χ1v) is 14.6. The Morgan fingerprint density at radius 2 is 1.91 bits per heavy atom. The summed E-state index contributed by atoms with van der Waals surface area (Å²) in [6.07, 6.45) is -0.305. The van der Waals surface area contributed by atoms with Crippen LogP contribution in [0.5, 0.6) is 0 Å². The van der Waals surface area contributed by atoms with Crippen molar-refractivity contribution in [1.29, 1.82) is 0 Å². The highest BCUT2D eigenvalue weighted by Gasteiger charge is 2.57. The van der Waals surface area contributed by atoms with E-state index in [9.17, 15) is 9.59 Å². The minimum Gasteiger partial charge on any atom is -0.467 e. The molecule has 6 nitrogen and oxygen atoms in total. The van der Waals surface area contributed by atoms with Gasteiger partial charge in [0.25, 0.3) is 0 Å². The Balaban J connectivity index is 2.03. The zero-order valence-corrected chi connectivity index (χ0v) is 22.1. The highest BCUT2D eigenvalue weighted by Crippen LogP contribution is 2.49. The average Bonchev–Trinajstić information content (AvgIpc) is 3.10. The third kappa shape index (κ3) is 4.28. The number of likely N-dealkylation sites (tertiary alicyclic amines) is 1. The summed E-state index contributed by atoms with van der Waals surface area (Å²) in [7, 11) is -0.772. The Labute approximate surface area is 195 Å². The molecule has 8 heteroatoms. The molecule has 1 amide bonds. The van der Waals surface area contributed by atoms with Crippen molar-refractivity contribution in [2.24, 2.45) is 5.92 Å². The molecule has 32 heavy (non-hydrogen) atoms. The molecular weight excluding hydrogens is 440 g/mol. The van der Waals surface area contributed by atoms with E-state index >= 15 is 0 Å². The molecular formula is C24H34N2O4SSi. The molecule has 1 saturated heterocycles. The maximum absolute atomic E-state index is 13.5. The van der Waals surface area contributed by atoms with Crippen molar-refractivity contribution in [3.63, 3.8) is 0 Å². The Kier molecular flexibility index (Phi) is 6.71. The topological polar surface area (TPSA) is 68.7 Å². The van der Waals surface area contributed by atoms with Crippen LogP contribution in [0.1, 0.15) is 45.7 Å². The maximum atomic E-state index is 13.5. The average molecular weight is 475 g/mol. The van der Waals surface area contributed by atoms with Crippen LogP contribution in [0.25, 0.3) is 10.2 Å². The van der Waals surface area contributed by atoms with Gasteiger partial charge in [0.05, 0.1) is 35.4 Å². The van der Waals surface area contributed by atoms with Gasteiger partial charge in [-0.2, -0.15) is 0 Å². The summed E-state index contributed by atoms with van der Waals surface area (Å²) in [5.41, 5.74) is 1.45. The minimum absolute atomic E-state index is 0.0192. The third-order valence-electron chi connectivity index (χ3n) is 6.70. The Morgan fingerprint density at radius 3 is 2.44 bits per heavy atom. The molecule has 0 N–H and O–H groups in total. The number of esters is 1. The zero-order valence-electron chi connectivity index (χ0n) is 20.3. The predicted molar refractivity (Wildman–Crippen MR) is 131 cm³/mol. The van der Waals surface area contributed by atoms with Crippen molar-refractivity contribution in [3.8, 4) is 0 Å². The summed E-state index contributed by atoms with van der Waals surface area (Å²) in [6, 6.07) is 6.67. The number of methoxy groups -OCH3 is 1. The van der Waals surface area contributed by atoms with E-state index in [-0.39, 0.29) is 23.1 Å². The third-order valence-corrected chi connectivity index (χ3v) is 12.4. The molecule has 174 valence electrons. The Bertz CT molecular complexity index is 1010. The van der Waals surface area contributed by atoms with Crippen molar-refractivity contribution in [1.82, 2.24) is 9.88 Å². The lowest BCUT2D eigenvalue weighted by molar-refractivity contribution is -0.175. The van der Waals surface area contributed by atoms with Crippen molar-refractivity contribution in [2.75, 3.05) is 7.11 Å². The number of thiazole rings is 1. The molecule has 1 fully saturated rings. The molecule has 0 bridgehead atoms. The first-order valence-electron chi connectivity index (χ1n) is 10.9. The molecule has 1 aromatic carbocycles. The molecule has 2 heterocycles. The lowest BCUT2D eigenvalue weighted by Crippen LogP contribution is -2.65. The van der Waals surface area contributed by atoms with Crippen LogP contribution in [0.3, 0.4) is 0 Å². The SMILES string of the molecule is C=C(C)C(C(=O)OC)N1C(=O)C([C@@H](C)O[Si](C)(C)C(C)(C)C)C1c1nc2ccccc2s1. The molecule has 1 aromatic heterocycles. The van der Waals surface area contributed by atoms with E-state index in [2.05, 4.69) is 40.4 Å². The predicted octanol–water partition coefficient (Wildman–Crippen LogP) is 5.32. The first kappa shape index (κ1) is 24.6. The second-order valence-electron chi connectivity index (χ2n) is 10.1. The summed E-state index contributed by atoms with van der Waals surface area (Å²) >= 11 is 1.55. The number of hydrogen-bond donors (Lipinski definition) is 0. The van der Waals surface area contributed by atoms with E-state index in [0.717, 1.165) is 15.2 Å². The molecule has 0 saturated carbocycles. The zero-order chi connectivity index (χ0) is 24.0. The van der Waals surface area contributed by atoms with Gasteiger partial charge >= 0.3 is 5.97 Å². The number of aromatic nitrogens is 1. The van der Waals surface area contributed by atoms with E-state index in [0.29, 0.717) is 5.57 Å². The molecule has 3 rings (SSSR count). The smallest absolute Gasteiger partial charge is 0.332 e. The number of ether oxygens (including phenoxy) is 1. The van der Waals surface area contributed by atoms with Crippen LogP contribution >= 0.6 is 11.3 Å². The number of carbonyl (C=O) groups is 2. The minimum atomic E-state index is -2.10. The van der Waals surface area contributed by atoms with E-state index in [4.69, 9.17) is 14.1 Å². The number of benzene rings is 1. The fourth-order valence-corrected chi connectivity index (χ4v) is 6.49. The number of β-lactam (4-membered cyclic amide) rings is 1. The van der Waals surface area contributed by atoms with E-state index in [1.807, 2.05) is 31.2 Å². The Morgan fingerprint density at radius 1 is 1.28 bits per heavy atom. The monoisotopic (exact) mass is 474 g/mol. The van der Waals surface area contributed by atoms with Crippen molar-refractivity contribution in [2.45, 2.75) is 70.9 Å². The number of hydrogen-bond acceptors (Lipinski definition) is 6. The second-order valence-corrected chi connectivity index (χ2v) is 15.9. The molecule has 0 aliphatic carbocycles. The molecule has 2 aromatic rings. The van der Waals surface area contributed by atoms with E-state index in [1.165, 1.54) is 7.11 Å². The lowest BCUT2D eigenvalue weighted by Gasteiger charge is -2.52. The van der Waals surface area contributed by atoms with Crippen LogP contribution in [0.4, 0.5) is 0 Å². The van der Waals surface area contributed by atoms with Gasteiger partial charge in [0, 0.05) is 0 Å². The van der Waals surface area contributed by atoms with Crippen LogP contribution in [0.2, 0.25) is 18.1 Å². The van der Waals surface area contributed by atoms with Gasteiger partial charge in [-0.3, -0.25) is 4.79 Å². The summed E-state index contributed by atoms with van der Waals surface area (Å²) < 4.78 is 12.7. The van der Waals surface area contributed by atoms with Crippen LogP contribution < -0.4 is 0 Å². The van der Waals surface area contributed by atoms with Crippen LogP contribution in [-0.2, 0) is 18.8 Å². The Hall–Kier alpha value is -2.03. The van der Waals surface area contributed by atoms with Gasteiger partial charge in [-0.15, -0.1) is 11.3 Å². The van der Waals surface area contributed by atoms with E-state index < -0.39 is 26.2 Å². The molecule has 0 spiro atoms. The number of nitrogens with zero attached hydrogens (tertiary/aromatic N) is 2. The number of carbonyl (C=O) groups excluding carboxylic acids is 2. The van der Waals surface area contributed by atoms with Gasteiger partial charge in [-0.05, 0) is 49.7 Å². The molecule has 1 aliphatic rings. The fraction of sp³-hybridized carbons (Fsp3) is 0.542. The first-order chi connectivity index (χ1) is 14.8.